The molecule has 2 aromatic carbocycles. The highest BCUT2D eigenvalue weighted by molar-refractivity contribution is 7.99. The van der Waals surface area contributed by atoms with Gasteiger partial charge in [0, 0.05) is 12.1 Å². The van der Waals surface area contributed by atoms with Crippen LogP contribution in [0.15, 0.2) is 58.8 Å². The highest BCUT2D eigenvalue weighted by atomic mass is 32.2. The fraction of sp³-hybridized carbons (Fsp3) is 0.238. The Kier molecular flexibility index (Phi) is 7.45. The summed E-state index contributed by atoms with van der Waals surface area (Å²) in [6.45, 7) is 2.70. The Balaban J connectivity index is 1.59. The standard InChI is InChI=1S/C21H23N5O3S/c1-4-26-20(16-8-10-17(28-2)11-9-16)24-25-21(26)30-14-19(27)23-22-13-15-6-5-7-18(12-15)29-3/h5-13H,4,14H2,1-3H3,(H,23,27). The van der Waals surface area contributed by atoms with Gasteiger partial charge in [-0.3, -0.25) is 4.79 Å². The second-order valence-electron chi connectivity index (χ2n) is 6.14. The molecular weight excluding hydrogens is 402 g/mol. The number of hydrogen-bond acceptors (Lipinski definition) is 7. The van der Waals surface area contributed by atoms with E-state index in [1.54, 1.807) is 20.4 Å². The van der Waals surface area contributed by atoms with Crippen LogP contribution in [-0.2, 0) is 11.3 Å². The molecule has 3 aromatic rings. The van der Waals surface area contributed by atoms with Crippen molar-refractivity contribution >= 4 is 23.9 Å². The summed E-state index contributed by atoms with van der Waals surface area (Å²) in [6, 6.07) is 15.0. The van der Waals surface area contributed by atoms with Crippen LogP contribution in [0.4, 0.5) is 0 Å². The van der Waals surface area contributed by atoms with Gasteiger partial charge in [-0.1, -0.05) is 23.9 Å². The maximum absolute atomic E-state index is 12.1. The number of carbonyl (C=O) groups excluding carboxylic acids is 1. The van der Waals surface area contributed by atoms with Gasteiger partial charge in [0.2, 0.25) is 0 Å². The summed E-state index contributed by atoms with van der Waals surface area (Å²) in [6.07, 6.45) is 1.57. The number of nitrogens with one attached hydrogen (secondary N) is 1. The Morgan fingerprint density at radius 2 is 1.90 bits per heavy atom. The normalized spacial score (nSPS) is 10.9. The maximum Gasteiger partial charge on any atom is 0.250 e. The average Bonchev–Trinajstić information content (AvgIpc) is 3.20. The number of hydrogen-bond donors (Lipinski definition) is 1. The molecule has 0 aliphatic heterocycles. The Morgan fingerprint density at radius 3 is 2.60 bits per heavy atom. The second kappa shape index (κ2) is 10.4. The lowest BCUT2D eigenvalue weighted by atomic mass is 10.2. The van der Waals surface area contributed by atoms with Crippen LogP contribution in [0.1, 0.15) is 12.5 Å². The summed E-state index contributed by atoms with van der Waals surface area (Å²) >= 11 is 1.31. The number of rotatable bonds is 9. The molecule has 30 heavy (non-hydrogen) atoms. The number of aromatic nitrogens is 3. The summed E-state index contributed by atoms with van der Waals surface area (Å²) in [5, 5.41) is 13.2. The zero-order valence-electron chi connectivity index (χ0n) is 17.0. The first-order valence-electron chi connectivity index (χ1n) is 9.31. The smallest absolute Gasteiger partial charge is 0.250 e. The van der Waals surface area contributed by atoms with Gasteiger partial charge < -0.3 is 14.0 Å². The quantitative estimate of drug-likeness (QED) is 0.322. The monoisotopic (exact) mass is 425 g/mol. The number of methoxy groups -OCH3 is 2. The highest BCUT2D eigenvalue weighted by Crippen LogP contribution is 2.25. The lowest BCUT2D eigenvalue weighted by Crippen LogP contribution is -2.20. The molecule has 8 nitrogen and oxygen atoms in total. The van der Waals surface area contributed by atoms with E-state index >= 15 is 0 Å². The zero-order valence-corrected chi connectivity index (χ0v) is 17.8. The van der Waals surface area contributed by atoms with Gasteiger partial charge in [-0.2, -0.15) is 5.10 Å². The SMILES string of the molecule is CCn1c(SCC(=O)NN=Cc2cccc(OC)c2)nnc1-c1ccc(OC)cc1. The molecule has 0 aliphatic carbocycles. The van der Waals surface area contributed by atoms with Crippen molar-refractivity contribution in [3.8, 4) is 22.9 Å². The number of nitrogens with zero attached hydrogens (tertiary/aromatic N) is 4. The zero-order chi connectivity index (χ0) is 21.3. The van der Waals surface area contributed by atoms with Crippen molar-refractivity contribution in [1.29, 1.82) is 0 Å². The van der Waals surface area contributed by atoms with Crippen molar-refractivity contribution in [3.63, 3.8) is 0 Å². The van der Waals surface area contributed by atoms with Crippen molar-refractivity contribution in [2.75, 3.05) is 20.0 Å². The molecule has 0 atom stereocenters. The molecule has 1 aromatic heterocycles. The number of ether oxygens (including phenoxy) is 2. The summed E-state index contributed by atoms with van der Waals surface area (Å²) in [7, 11) is 3.23. The molecule has 0 bridgehead atoms. The summed E-state index contributed by atoms with van der Waals surface area (Å²) in [5.41, 5.74) is 4.29. The largest absolute Gasteiger partial charge is 0.497 e. The molecule has 0 aliphatic rings. The Morgan fingerprint density at radius 1 is 1.13 bits per heavy atom. The van der Waals surface area contributed by atoms with E-state index in [2.05, 4.69) is 20.7 Å². The van der Waals surface area contributed by atoms with Gasteiger partial charge in [0.25, 0.3) is 5.91 Å². The van der Waals surface area contributed by atoms with Crippen LogP contribution in [-0.4, -0.2) is 46.9 Å². The maximum atomic E-state index is 12.1. The molecule has 0 saturated carbocycles. The predicted octanol–water partition coefficient (Wildman–Crippen LogP) is 3.22. The molecule has 0 fully saturated rings. The number of carbonyl (C=O) groups is 1. The van der Waals surface area contributed by atoms with E-state index in [0.29, 0.717) is 11.7 Å². The van der Waals surface area contributed by atoms with Crippen LogP contribution in [0.25, 0.3) is 11.4 Å². The predicted molar refractivity (Wildman–Crippen MR) is 117 cm³/mol. The third kappa shape index (κ3) is 5.38. The fourth-order valence-electron chi connectivity index (χ4n) is 2.70. The van der Waals surface area contributed by atoms with Gasteiger partial charge in [0.05, 0.1) is 26.2 Å². The van der Waals surface area contributed by atoms with Crippen LogP contribution in [0, 0.1) is 0 Å². The molecule has 0 spiro atoms. The summed E-state index contributed by atoms with van der Waals surface area (Å²) in [4.78, 5) is 12.1. The average molecular weight is 426 g/mol. The third-order valence-electron chi connectivity index (χ3n) is 4.21. The molecule has 1 N–H and O–H groups in total. The van der Waals surface area contributed by atoms with Gasteiger partial charge in [0.15, 0.2) is 11.0 Å². The van der Waals surface area contributed by atoms with Gasteiger partial charge in [0.1, 0.15) is 11.5 Å². The first-order chi connectivity index (χ1) is 14.6. The second-order valence-corrected chi connectivity index (χ2v) is 7.08. The fourth-order valence-corrected chi connectivity index (χ4v) is 3.49. The Labute approximate surface area is 179 Å². The van der Waals surface area contributed by atoms with Crippen LogP contribution in [0.3, 0.4) is 0 Å². The van der Waals surface area contributed by atoms with Crippen LogP contribution in [0.2, 0.25) is 0 Å². The lowest BCUT2D eigenvalue weighted by Gasteiger charge is -2.07. The van der Waals surface area contributed by atoms with Crippen molar-refractivity contribution in [1.82, 2.24) is 20.2 Å². The van der Waals surface area contributed by atoms with Gasteiger partial charge >= 0.3 is 0 Å². The Bertz CT molecular complexity index is 1020. The van der Waals surface area contributed by atoms with E-state index in [9.17, 15) is 4.79 Å². The van der Waals surface area contributed by atoms with Crippen molar-refractivity contribution < 1.29 is 14.3 Å². The van der Waals surface area contributed by atoms with Crippen LogP contribution < -0.4 is 14.9 Å². The lowest BCUT2D eigenvalue weighted by molar-refractivity contribution is -0.118. The van der Waals surface area contributed by atoms with Crippen molar-refractivity contribution in [2.24, 2.45) is 5.10 Å². The van der Waals surface area contributed by atoms with E-state index in [1.165, 1.54) is 11.8 Å². The molecule has 1 heterocycles. The molecular formula is C21H23N5O3S. The highest BCUT2D eigenvalue weighted by Gasteiger charge is 2.14. The molecule has 156 valence electrons. The molecule has 1 amide bonds. The third-order valence-corrected chi connectivity index (χ3v) is 5.18. The number of thioether (sulfide) groups is 1. The Hall–Kier alpha value is -3.33. The minimum Gasteiger partial charge on any atom is -0.497 e. The summed E-state index contributed by atoms with van der Waals surface area (Å²) < 4.78 is 12.3. The van der Waals surface area contributed by atoms with Crippen molar-refractivity contribution in [2.45, 2.75) is 18.6 Å². The first-order valence-corrected chi connectivity index (χ1v) is 10.3. The number of hydrazone groups is 1. The van der Waals surface area contributed by atoms with Gasteiger partial charge in [-0.15, -0.1) is 10.2 Å². The van der Waals surface area contributed by atoms with E-state index < -0.39 is 0 Å². The first kappa shape index (κ1) is 21.4. The molecule has 0 unspecified atom stereocenters. The molecule has 9 heteroatoms. The van der Waals surface area contributed by atoms with Crippen LogP contribution >= 0.6 is 11.8 Å². The molecule has 0 radical (unpaired) electrons. The minimum atomic E-state index is -0.226. The number of benzene rings is 2. The van der Waals surface area contributed by atoms with Gasteiger partial charge in [-0.05, 0) is 48.9 Å². The minimum absolute atomic E-state index is 0.177. The van der Waals surface area contributed by atoms with E-state index in [-0.39, 0.29) is 11.7 Å². The summed E-state index contributed by atoms with van der Waals surface area (Å²) in [5.74, 6) is 2.21. The molecule has 3 rings (SSSR count). The number of amides is 1. The topological polar surface area (TPSA) is 90.6 Å². The van der Waals surface area contributed by atoms with Crippen LogP contribution in [0.5, 0.6) is 11.5 Å². The van der Waals surface area contributed by atoms with E-state index in [0.717, 1.165) is 28.5 Å². The van der Waals surface area contributed by atoms with E-state index in [1.807, 2.05) is 60.0 Å². The van der Waals surface area contributed by atoms with E-state index in [4.69, 9.17) is 9.47 Å². The van der Waals surface area contributed by atoms with Gasteiger partial charge in [-0.25, -0.2) is 5.43 Å². The molecule has 0 saturated heterocycles. The van der Waals surface area contributed by atoms with Crippen molar-refractivity contribution in [3.05, 3.63) is 54.1 Å².